The number of nitrogens with zero attached hydrogens (tertiary/aromatic N) is 1. The Morgan fingerprint density at radius 3 is 2.64 bits per heavy atom. The van der Waals surface area contributed by atoms with E-state index in [-0.39, 0.29) is 0 Å². The van der Waals surface area contributed by atoms with Crippen LogP contribution in [0, 0.1) is 0 Å². The van der Waals surface area contributed by atoms with Gasteiger partial charge in [-0.15, -0.1) is 0 Å². The minimum Gasteiger partial charge on any atom is -0.252 e. The van der Waals surface area contributed by atoms with Gasteiger partial charge >= 0.3 is 0 Å². The molecule has 0 atom stereocenters. The molecule has 1 aromatic carbocycles. The molecule has 0 radical (unpaired) electrons. The third-order valence-electron chi connectivity index (χ3n) is 2.28. The third kappa shape index (κ3) is 1.67. The molecule has 0 saturated carbocycles. The molecule has 0 fully saturated rings. The number of benzene rings is 1. The highest BCUT2D eigenvalue weighted by atomic mass is 79.9. The van der Waals surface area contributed by atoms with Gasteiger partial charge in [-0.05, 0) is 18.1 Å². The standard InChI is InChI=1S/C12H12BrN/c1-8(2)12-7-10(13)9-5-3-4-6-11(9)14-12/h3-8H,1-2H3. The normalized spacial score (nSPS) is 11.1. The number of fused-ring (bicyclic) bond motifs is 1. The van der Waals surface area contributed by atoms with Gasteiger partial charge in [-0.3, -0.25) is 4.98 Å². The molecule has 0 aliphatic heterocycles. The highest BCUT2D eigenvalue weighted by Crippen LogP contribution is 2.25. The summed E-state index contributed by atoms with van der Waals surface area (Å²) < 4.78 is 1.13. The van der Waals surface area contributed by atoms with Crippen LogP contribution in [0.3, 0.4) is 0 Å². The monoisotopic (exact) mass is 249 g/mol. The Balaban J connectivity index is 2.72. The van der Waals surface area contributed by atoms with E-state index >= 15 is 0 Å². The van der Waals surface area contributed by atoms with Crippen molar-refractivity contribution in [2.24, 2.45) is 0 Å². The van der Waals surface area contributed by atoms with E-state index in [2.05, 4.69) is 46.9 Å². The van der Waals surface area contributed by atoms with Crippen molar-refractivity contribution < 1.29 is 0 Å². The molecule has 0 N–H and O–H groups in total. The van der Waals surface area contributed by atoms with Crippen LogP contribution in [0.15, 0.2) is 34.8 Å². The first kappa shape index (κ1) is 9.66. The van der Waals surface area contributed by atoms with Crippen LogP contribution in [0.1, 0.15) is 25.5 Å². The zero-order valence-electron chi connectivity index (χ0n) is 8.29. The number of hydrogen-bond acceptors (Lipinski definition) is 1. The average molecular weight is 250 g/mol. The summed E-state index contributed by atoms with van der Waals surface area (Å²) in [6.07, 6.45) is 0. The van der Waals surface area contributed by atoms with Gasteiger partial charge in [-0.1, -0.05) is 48.0 Å². The van der Waals surface area contributed by atoms with Gasteiger partial charge in [0.1, 0.15) is 0 Å². The number of rotatable bonds is 1. The van der Waals surface area contributed by atoms with Gasteiger partial charge in [-0.25, -0.2) is 0 Å². The van der Waals surface area contributed by atoms with E-state index in [4.69, 9.17) is 0 Å². The second-order valence-electron chi connectivity index (χ2n) is 3.70. The summed E-state index contributed by atoms with van der Waals surface area (Å²) in [6.45, 7) is 4.31. The Hall–Kier alpha value is -0.890. The molecule has 14 heavy (non-hydrogen) atoms. The molecule has 2 aromatic rings. The first-order valence-corrected chi connectivity index (χ1v) is 5.53. The molecule has 1 heterocycles. The quantitative estimate of drug-likeness (QED) is 0.741. The fourth-order valence-corrected chi connectivity index (χ4v) is 2.02. The lowest BCUT2D eigenvalue weighted by molar-refractivity contribution is 0.829. The van der Waals surface area contributed by atoms with Gasteiger partial charge in [0.05, 0.1) is 5.52 Å². The predicted octanol–water partition coefficient (Wildman–Crippen LogP) is 4.12. The molecule has 0 unspecified atom stereocenters. The number of para-hydroxylation sites is 1. The van der Waals surface area contributed by atoms with Gasteiger partial charge < -0.3 is 0 Å². The minimum atomic E-state index is 0.468. The van der Waals surface area contributed by atoms with Gasteiger partial charge in [0, 0.05) is 15.6 Å². The van der Waals surface area contributed by atoms with Crippen LogP contribution in [0.5, 0.6) is 0 Å². The number of halogens is 1. The Morgan fingerprint density at radius 1 is 1.21 bits per heavy atom. The van der Waals surface area contributed by atoms with E-state index in [0.29, 0.717) is 5.92 Å². The van der Waals surface area contributed by atoms with E-state index < -0.39 is 0 Å². The molecule has 1 aromatic heterocycles. The number of aromatic nitrogens is 1. The molecule has 0 aliphatic carbocycles. The molecule has 0 amide bonds. The van der Waals surface area contributed by atoms with Crippen molar-refractivity contribution in [1.29, 1.82) is 0 Å². The van der Waals surface area contributed by atoms with Crippen LogP contribution in [-0.2, 0) is 0 Å². The Kier molecular flexibility index (Phi) is 2.55. The maximum absolute atomic E-state index is 4.61. The largest absolute Gasteiger partial charge is 0.252 e. The molecule has 0 bridgehead atoms. The van der Waals surface area contributed by atoms with Crippen LogP contribution in [0.4, 0.5) is 0 Å². The van der Waals surface area contributed by atoms with Crippen LogP contribution < -0.4 is 0 Å². The molecule has 0 aliphatic rings. The molecule has 0 spiro atoms. The molecular formula is C12H12BrN. The minimum absolute atomic E-state index is 0.468. The van der Waals surface area contributed by atoms with Crippen molar-refractivity contribution in [3.05, 3.63) is 40.5 Å². The maximum atomic E-state index is 4.61. The summed E-state index contributed by atoms with van der Waals surface area (Å²) in [7, 11) is 0. The van der Waals surface area contributed by atoms with Gasteiger partial charge in [0.2, 0.25) is 0 Å². The van der Waals surface area contributed by atoms with Crippen molar-refractivity contribution in [3.63, 3.8) is 0 Å². The first-order valence-electron chi connectivity index (χ1n) is 4.73. The Bertz CT molecular complexity index is 463. The van der Waals surface area contributed by atoms with Gasteiger partial charge in [-0.2, -0.15) is 0 Å². The fourth-order valence-electron chi connectivity index (χ4n) is 1.45. The Morgan fingerprint density at radius 2 is 1.93 bits per heavy atom. The van der Waals surface area contributed by atoms with E-state index in [9.17, 15) is 0 Å². The van der Waals surface area contributed by atoms with Crippen LogP contribution in [0.2, 0.25) is 0 Å². The van der Waals surface area contributed by atoms with E-state index in [1.807, 2.05) is 18.2 Å². The van der Waals surface area contributed by atoms with Crippen molar-refractivity contribution in [2.45, 2.75) is 19.8 Å². The lowest BCUT2D eigenvalue weighted by atomic mass is 10.1. The molecule has 0 saturated heterocycles. The van der Waals surface area contributed by atoms with E-state index in [0.717, 1.165) is 15.7 Å². The van der Waals surface area contributed by atoms with E-state index in [1.165, 1.54) is 5.39 Å². The highest BCUT2D eigenvalue weighted by Gasteiger charge is 2.05. The van der Waals surface area contributed by atoms with Crippen LogP contribution in [-0.4, -0.2) is 4.98 Å². The van der Waals surface area contributed by atoms with Gasteiger partial charge in [0.25, 0.3) is 0 Å². The lowest BCUT2D eigenvalue weighted by Gasteiger charge is -2.07. The average Bonchev–Trinajstić information content (AvgIpc) is 2.17. The third-order valence-corrected chi connectivity index (χ3v) is 2.93. The fraction of sp³-hybridized carbons (Fsp3) is 0.250. The maximum Gasteiger partial charge on any atom is 0.0716 e. The van der Waals surface area contributed by atoms with Crippen LogP contribution >= 0.6 is 15.9 Å². The second kappa shape index (κ2) is 3.70. The molecule has 72 valence electrons. The van der Waals surface area contributed by atoms with Crippen molar-refractivity contribution >= 4 is 26.8 Å². The zero-order chi connectivity index (χ0) is 10.1. The summed E-state index contributed by atoms with van der Waals surface area (Å²) in [5.74, 6) is 0.468. The predicted molar refractivity (Wildman–Crippen MR) is 63.5 cm³/mol. The molecule has 1 nitrogen and oxygen atoms in total. The highest BCUT2D eigenvalue weighted by molar-refractivity contribution is 9.10. The van der Waals surface area contributed by atoms with Crippen molar-refractivity contribution in [2.75, 3.05) is 0 Å². The Labute approximate surface area is 92.3 Å². The zero-order valence-corrected chi connectivity index (χ0v) is 9.88. The first-order chi connectivity index (χ1) is 6.68. The SMILES string of the molecule is CC(C)c1cc(Br)c2ccccc2n1. The van der Waals surface area contributed by atoms with Crippen molar-refractivity contribution in [1.82, 2.24) is 4.98 Å². The topological polar surface area (TPSA) is 12.9 Å². The number of pyridine rings is 1. The lowest BCUT2D eigenvalue weighted by Crippen LogP contribution is -1.93. The number of hydrogen-bond donors (Lipinski definition) is 0. The summed E-state index contributed by atoms with van der Waals surface area (Å²) in [6, 6.07) is 10.3. The van der Waals surface area contributed by atoms with Crippen LogP contribution in [0.25, 0.3) is 10.9 Å². The smallest absolute Gasteiger partial charge is 0.0716 e. The van der Waals surface area contributed by atoms with E-state index in [1.54, 1.807) is 0 Å². The summed E-state index contributed by atoms with van der Waals surface area (Å²) in [4.78, 5) is 4.61. The van der Waals surface area contributed by atoms with Crippen molar-refractivity contribution in [3.8, 4) is 0 Å². The summed E-state index contributed by atoms with van der Waals surface area (Å²) >= 11 is 3.58. The summed E-state index contributed by atoms with van der Waals surface area (Å²) in [5.41, 5.74) is 2.20. The molecular weight excluding hydrogens is 238 g/mol. The molecule has 2 heteroatoms. The van der Waals surface area contributed by atoms with Gasteiger partial charge in [0.15, 0.2) is 0 Å². The second-order valence-corrected chi connectivity index (χ2v) is 4.56. The molecule has 2 rings (SSSR count). The summed E-state index contributed by atoms with van der Waals surface area (Å²) in [5, 5.41) is 1.18.